The Balaban J connectivity index is 3.02. The monoisotopic (exact) mass is 420 g/mol. The van der Waals surface area contributed by atoms with Gasteiger partial charge in [-0.1, -0.05) is 57.0 Å². The first-order valence-electron chi connectivity index (χ1n) is 11.2. The van der Waals surface area contributed by atoms with Crippen molar-refractivity contribution in [3.05, 3.63) is 0 Å². The van der Waals surface area contributed by atoms with Gasteiger partial charge in [-0.2, -0.15) is 0 Å². The maximum absolute atomic E-state index is 8.37. The lowest BCUT2D eigenvalue weighted by Gasteiger charge is -2.08. The van der Waals surface area contributed by atoms with E-state index in [0.29, 0.717) is 65.9 Å². The molecule has 0 bridgehead atoms. The molecule has 0 saturated heterocycles. The van der Waals surface area contributed by atoms with Crippen molar-refractivity contribution in [2.75, 3.05) is 66.1 Å². The SMILES string of the molecule is CCCCCCCCCCOCCOCCOCCOCCOCCC(N)=NO. The average molecular weight is 421 g/mol. The summed E-state index contributed by atoms with van der Waals surface area (Å²) in [6, 6.07) is 0. The van der Waals surface area contributed by atoms with Gasteiger partial charge in [-0.05, 0) is 6.42 Å². The van der Waals surface area contributed by atoms with E-state index in [4.69, 9.17) is 34.6 Å². The number of nitrogens with two attached hydrogens (primary N) is 1. The summed E-state index contributed by atoms with van der Waals surface area (Å²) in [6.45, 7) is 7.89. The van der Waals surface area contributed by atoms with E-state index < -0.39 is 0 Å². The molecule has 0 atom stereocenters. The third kappa shape index (κ3) is 25.0. The van der Waals surface area contributed by atoms with Gasteiger partial charge in [-0.15, -0.1) is 0 Å². The molecular weight excluding hydrogens is 376 g/mol. The lowest BCUT2D eigenvalue weighted by molar-refractivity contribution is -0.0108. The van der Waals surface area contributed by atoms with Gasteiger partial charge in [0.25, 0.3) is 0 Å². The molecular formula is C21H44N2O6. The molecule has 0 aromatic rings. The quantitative estimate of drug-likeness (QED) is 0.0811. The second kappa shape index (κ2) is 25.1. The summed E-state index contributed by atoms with van der Waals surface area (Å²) in [4.78, 5) is 0. The lowest BCUT2D eigenvalue weighted by Crippen LogP contribution is -2.16. The molecule has 0 unspecified atom stereocenters. The van der Waals surface area contributed by atoms with Crippen molar-refractivity contribution in [1.29, 1.82) is 0 Å². The molecule has 8 nitrogen and oxygen atoms in total. The summed E-state index contributed by atoms with van der Waals surface area (Å²) in [5.41, 5.74) is 5.32. The third-order valence-corrected chi connectivity index (χ3v) is 4.26. The van der Waals surface area contributed by atoms with Crippen LogP contribution in [-0.4, -0.2) is 77.1 Å². The van der Waals surface area contributed by atoms with Crippen molar-refractivity contribution in [2.45, 2.75) is 64.7 Å². The summed E-state index contributed by atoms with van der Waals surface area (Å²) in [7, 11) is 0. The van der Waals surface area contributed by atoms with Gasteiger partial charge in [0.1, 0.15) is 5.84 Å². The molecule has 0 rings (SSSR count). The van der Waals surface area contributed by atoms with Crippen molar-refractivity contribution in [1.82, 2.24) is 0 Å². The Hall–Kier alpha value is -0.930. The summed E-state index contributed by atoms with van der Waals surface area (Å²) in [5, 5.41) is 11.2. The molecule has 0 fully saturated rings. The number of amidine groups is 1. The molecule has 174 valence electrons. The predicted octanol–water partition coefficient (Wildman–Crippen LogP) is 3.35. The van der Waals surface area contributed by atoms with E-state index in [9.17, 15) is 0 Å². The van der Waals surface area contributed by atoms with E-state index in [-0.39, 0.29) is 5.84 Å². The molecule has 0 amide bonds. The van der Waals surface area contributed by atoms with Gasteiger partial charge in [0.05, 0.1) is 59.5 Å². The highest BCUT2D eigenvalue weighted by Crippen LogP contribution is 2.08. The first kappa shape index (κ1) is 28.1. The molecule has 8 heteroatoms. The fourth-order valence-electron chi connectivity index (χ4n) is 2.55. The van der Waals surface area contributed by atoms with Crippen LogP contribution in [0.15, 0.2) is 5.16 Å². The van der Waals surface area contributed by atoms with Gasteiger partial charge in [-0.3, -0.25) is 0 Å². The van der Waals surface area contributed by atoms with Crippen LogP contribution >= 0.6 is 0 Å². The fourth-order valence-corrected chi connectivity index (χ4v) is 2.55. The molecule has 0 aromatic heterocycles. The zero-order valence-corrected chi connectivity index (χ0v) is 18.4. The Kier molecular flexibility index (Phi) is 24.3. The van der Waals surface area contributed by atoms with Crippen LogP contribution < -0.4 is 5.73 Å². The van der Waals surface area contributed by atoms with Crippen molar-refractivity contribution >= 4 is 5.84 Å². The first-order valence-corrected chi connectivity index (χ1v) is 11.2. The van der Waals surface area contributed by atoms with Crippen LogP contribution in [0.5, 0.6) is 0 Å². The first-order chi connectivity index (χ1) is 14.3. The summed E-state index contributed by atoms with van der Waals surface area (Å²) in [5.74, 6) is 0.164. The summed E-state index contributed by atoms with van der Waals surface area (Å²) < 4.78 is 27.1. The van der Waals surface area contributed by atoms with E-state index >= 15 is 0 Å². The molecule has 0 radical (unpaired) electrons. The van der Waals surface area contributed by atoms with Crippen molar-refractivity contribution in [3.8, 4) is 0 Å². The zero-order valence-electron chi connectivity index (χ0n) is 18.4. The number of hydrogen-bond acceptors (Lipinski definition) is 7. The van der Waals surface area contributed by atoms with Crippen LogP contribution in [0.1, 0.15) is 64.7 Å². The highest BCUT2D eigenvalue weighted by molar-refractivity contribution is 5.79. The Morgan fingerprint density at radius 1 is 0.586 bits per heavy atom. The number of unbranched alkanes of at least 4 members (excludes halogenated alkanes) is 7. The second-order valence-electron chi connectivity index (χ2n) is 6.88. The van der Waals surface area contributed by atoms with E-state index in [1.165, 1.54) is 44.9 Å². The molecule has 0 heterocycles. The largest absolute Gasteiger partial charge is 0.409 e. The standard InChI is InChI=1S/C21H44N2O6/c1-2-3-4-5-6-7-8-9-11-25-13-15-27-17-19-29-20-18-28-16-14-26-12-10-21(22)23-24/h24H,2-20H2,1H3,(H2,22,23). The number of ether oxygens (including phenoxy) is 5. The molecule has 0 saturated carbocycles. The number of hydrogen-bond donors (Lipinski definition) is 2. The molecule has 29 heavy (non-hydrogen) atoms. The van der Waals surface area contributed by atoms with E-state index in [0.717, 1.165) is 13.0 Å². The predicted molar refractivity (Wildman–Crippen MR) is 115 cm³/mol. The Labute approximate surface area is 177 Å². The van der Waals surface area contributed by atoms with Crippen molar-refractivity contribution in [2.24, 2.45) is 10.9 Å². The van der Waals surface area contributed by atoms with Crippen LogP contribution in [0.2, 0.25) is 0 Å². The molecule has 0 aliphatic heterocycles. The smallest absolute Gasteiger partial charge is 0.141 e. The fraction of sp³-hybridized carbons (Fsp3) is 0.952. The zero-order chi connectivity index (χ0) is 21.3. The highest BCUT2D eigenvalue weighted by Gasteiger charge is 1.96. The minimum atomic E-state index is 0.164. The highest BCUT2D eigenvalue weighted by atomic mass is 16.6. The molecule has 3 N–H and O–H groups in total. The van der Waals surface area contributed by atoms with E-state index in [2.05, 4.69) is 12.1 Å². The summed E-state index contributed by atoms with van der Waals surface area (Å²) >= 11 is 0. The number of oxime groups is 1. The van der Waals surface area contributed by atoms with Crippen molar-refractivity contribution < 1.29 is 28.9 Å². The topological polar surface area (TPSA) is 105 Å². The average Bonchev–Trinajstić information content (AvgIpc) is 2.74. The van der Waals surface area contributed by atoms with Gasteiger partial charge in [-0.25, -0.2) is 0 Å². The lowest BCUT2D eigenvalue weighted by atomic mass is 10.1. The van der Waals surface area contributed by atoms with Gasteiger partial charge < -0.3 is 34.6 Å². The van der Waals surface area contributed by atoms with Crippen molar-refractivity contribution in [3.63, 3.8) is 0 Å². The molecule has 0 spiro atoms. The van der Waals surface area contributed by atoms with Gasteiger partial charge >= 0.3 is 0 Å². The van der Waals surface area contributed by atoms with Crippen LogP contribution in [0.3, 0.4) is 0 Å². The van der Waals surface area contributed by atoms with Crippen LogP contribution in [0.25, 0.3) is 0 Å². The summed E-state index contributed by atoms with van der Waals surface area (Å²) in [6.07, 6.45) is 11.0. The number of nitrogens with zero attached hydrogens (tertiary/aromatic N) is 1. The maximum atomic E-state index is 8.37. The molecule has 0 aliphatic rings. The van der Waals surface area contributed by atoms with E-state index in [1.807, 2.05) is 0 Å². The van der Waals surface area contributed by atoms with E-state index in [1.54, 1.807) is 0 Å². The minimum Gasteiger partial charge on any atom is -0.409 e. The molecule has 0 aliphatic carbocycles. The van der Waals surface area contributed by atoms with Crippen LogP contribution in [0, 0.1) is 0 Å². The van der Waals surface area contributed by atoms with Gasteiger partial charge in [0, 0.05) is 13.0 Å². The molecule has 0 aromatic carbocycles. The third-order valence-electron chi connectivity index (χ3n) is 4.26. The Morgan fingerprint density at radius 2 is 0.966 bits per heavy atom. The van der Waals surface area contributed by atoms with Gasteiger partial charge in [0.2, 0.25) is 0 Å². The maximum Gasteiger partial charge on any atom is 0.141 e. The van der Waals surface area contributed by atoms with Crippen LogP contribution in [0.4, 0.5) is 0 Å². The Bertz CT molecular complexity index is 345. The van der Waals surface area contributed by atoms with Gasteiger partial charge in [0.15, 0.2) is 0 Å². The van der Waals surface area contributed by atoms with Crippen LogP contribution in [-0.2, 0) is 23.7 Å². The second-order valence-corrected chi connectivity index (χ2v) is 6.88. The minimum absolute atomic E-state index is 0.164. The Morgan fingerprint density at radius 3 is 1.41 bits per heavy atom. The number of rotatable bonds is 24. The normalized spacial score (nSPS) is 12.0.